The van der Waals surface area contributed by atoms with Gasteiger partial charge >= 0.3 is 0 Å². The van der Waals surface area contributed by atoms with E-state index in [1.54, 1.807) is 7.11 Å². The van der Waals surface area contributed by atoms with Gasteiger partial charge in [0.15, 0.2) is 0 Å². The smallest absolute Gasteiger partial charge is 0.223 e. The Hall–Kier alpha value is -0.650. The van der Waals surface area contributed by atoms with Crippen molar-refractivity contribution >= 4 is 5.91 Å². The fraction of sp³-hybridized carbons (Fsp3) is 0.923. The van der Waals surface area contributed by atoms with Gasteiger partial charge in [-0.1, -0.05) is 13.3 Å². The third kappa shape index (κ3) is 8.44. The predicted octanol–water partition coefficient (Wildman–Crippen LogP) is 0.654. The molecule has 0 saturated heterocycles. The molecule has 0 fully saturated rings. The number of carbonyl (C=O) groups is 1. The lowest BCUT2D eigenvalue weighted by Gasteiger charge is -2.20. The van der Waals surface area contributed by atoms with E-state index < -0.39 is 0 Å². The maximum absolute atomic E-state index is 11.9. The summed E-state index contributed by atoms with van der Waals surface area (Å²) in [5.74, 6) is -0.00280. The Kier molecular flexibility index (Phi) is 9.92. The average Bonchev–Trinajstić information content (AvgIpc) is 2.28. The van der Waals surface area contributed by atoms with E-state index in [2.05, 4.69) is 5.32 Å². The summed E-state index contributed by atoms with van der Waals surface area (Å²) >= 11 is 0. The van der Waals surface area contributed by atoms with Gasteiger partial charge in [-0.3, -0.25) is 4.79 Å². The number of nitrogens with two attached hydrogens (primary N) is 1. The first-order chi connectivity index (χ1) is 8.51. The number of hydrogen-bond donors (Lipinski definition) is 3. The van der Waals surface area contributed by atoms with Crippen molar-refractivity contribution in [1.82, 2.24) is 5.32 Å². The number of aliphatic hydroxyl groups excluding tert-OH is 1. The fourth-order valence-electron chi connectivity index (χ4n) is 1.77. The van der Waals surface area contributed by atoms with Crippen LogP contribution in [-0.4, -0.2) is 43.4 Å². The molecule has 0 aromatic carbocycles. The first-order valence-corrected chi connectivity index (χ1v) is 6.67. The fourth-order valence-corrected chi connectivity index (χ4v) is 1.77. The van der Waals surface area contributed by atoms with Crippen LogP contribution in [0.25, 0.3) is 0 Å². The first-order valence-electron chi connectivity index (χ1n) is 6.67. The van der Waals surface area contributed by atoms with Crippen LogP contribution in [0.5, 0.6) is 0 Å². The Morgan fingerprint density at radius 1 is 1.33 bits per heavy atom. The summed E-state index contributed by atoms with van der Waals surface area (Å²) < 4.78 is 5.01. The Morgan fingerprint density at radius 2 is 2.00 bits per heavy atom. The van der Waals surface area contributed by atoms with Crippen LogP contribution >= 0.6 is 0 Å². The van der Waals surface area contributed by atoms with E-state index in [9.17, 15) is 4.79 Å². The third-order valence-corrected chi connectivity index (χ3v) is 2.94. The van der Waals surface area contributed by atoms with E-state index in [1.165, 1.54) is 0 Å². The van der Waals surface area contributed by atoms with Crippen molar-refractivity contribution in [2.75, 3.05) is 20.3 Å². The molecule has 0 rings (SSSR count). The molecule has 0 radical (unpaired) electrons. The number of ether oxygens (including phenoxy) is 1. The minimum Gasteiger partial charge on any atom is -0.396 e. The second-order valence-corrected chi connectivity index (χ2v) is 4.98. The molecule has 0 heterocycles. The van der Waals surface area contributed by atoms with Gasteiger partial charge in [-0.05, 0) is 26.2 Å². The average molecular weight is 260 g/mol. The zero-order chi connectivity index (χ0) is 14.0. The molecule has 3 unspecified atom stereocenters. The molecule has 0 spiro atoms. The molecule has 0 aromatic rings. The van der Waals surface area contributed by atoms with Gasteiger partial charge in [0.2, 0.25) is 5.91 Å². The summed E-state index contributed by atoms with van der Waals surface area (Å²) in [5.41, 5.74) is 5.67. The molecule has 0 aliphatic heterocycles. The molecular formula is C13H28N2O3. The van der Waals surface area contributed by atoms with Gasteiger partial charge in [0.05, 0.1) is 12.6 Å². The summed E-state index contributed by atoms with van der Waals surface area (Å²) in [5, 5.41) is 11.8. The highest BCUT2D eigenvalue weighted by atomic mass is 16.5. The van der Waals surface area contributed by atoms with Crippen molar-refractivity contribution in [3.8, 4) is 0 Å². The van der Waals surface area contributed by atoms with Crippen molar-refractivity contribution in [2.24, 2.45) is 11.7 Å². The summed E-state index contributed by atoms with van der Waals surface area (Å²) in [6, 6.07) is 0.0827. The standard InChI is InChI=1S/C13H28N2O3/c1-10(5-4-6-11(2)14)13(17)15-12(7-8-16)9-18-3/h10-12,16H,4-9,14H2,1-3H3,(H,15,17). The first kappa shape index (κ1) is 17.4. The van der Waals surface area contributed by atoms with Gasteiger partial charge in [-0.2, -0.15) is 0 Å². The van der Waals surface area contributed by atoms with Crippen LogP contribution in [0.1, 0.15) is 39.5 Å². The summed E-state index contributed by atoms with van der Waals surface area (Å²) in [4.78, 5) is 11.9. The van der Waals surface area contributed by atoms with E-state index in [4.69, 9.17) is 15.6 Å². The minimum atomic E-state index is -0.108. The lowest BCUT2D eigenvalue weighted by atomic mass is 10.0. The largest absolute Gasteiger partial charge is 0.396 e. The van der Waals surface area contributed by atoms with Crippen LogP contribution in [0, 0.1) is 5.92 Å². The SMILES string of the molecule is COCC(CCO)NC(=O)C(C)CCCC(C)N. The molecule has 5 nitrogen and oxygen atoms in total. The molecule has 0 saturated carbocycles. The molecule has 5 heteroatoms. The number of methoxy groups -OCH3 is 1. The maximum Gasteiger partial charge on any atom is 0.223 e. The maximum atomic E-state index is 11.9. The summed E-state index contributed by atoms with van der Waals surface area (Å²) in [6.07, 6.45) is 3.26. The number of hydrogen-bond acceptors (Lipinski definition) is 4. The monoisotopic (exact) mass is 260 g/mol. The quantitative estimate of drug-likeness (QED) is 0.538. The molecular weight excluding hydrogens is 232 g/mol. The zero-order valence-corrected chi connectivity index (χ0v) is 11.8. The van der Waals surface area contributed by atoms with Crippen LogP contribution in [0.15, 0.2) is 0 Å². The Bertz CT molecular complexity index is 216. The molecule has 1 amide bonds. The van der Waals surface area contributed by atoms with Gasteiger partial charge in [-0.15, -0.1) is 0 Å². The Balaban J connectivity index is 3.95. The Morgan fingerprint density at radius 3 is 2.50 bits per heavy atom. The van der Waals surface area contributed by atoms with Crippen molar-refractivity contribution in [1.29, 1.82) is 0 Å². The van der Waals surface area contributed by atoms with E-state index in [-0.39, 0.29) is 30.5 Å². The van der Waals surface area contributed by atoms with Gasteiger partial charge < -0.3 is 20.9 Å². The van der Waals surface area contributed by atoms with Gasteiger partial charge in [0.1, 0.15) is 0 Å². The van der Waals surface area contributed by atoms with Crippen molar-refractivity contribution in [3.63, 3.8) is 0 Å². The summed E-state index contributed by atoms with van der Waals surface area (Å²) in [6.45, 7) is 4.37. The number of amides is 1. The van der Waals surface area contributed by atoms with Crippen LogP contribution in [0.3, 0.4) is 0 Å². The lowest BCUT2D eigenvalue weighted by Crippen LogP contribution is -2.41. The van der Waals surface area contributed by atoms with Crippen LogP contribution < -0.4 is 11.1 Å². The second kappa shape index (κ2) is 10.3. The Labute approximate surface area is 110 Å². The van der Waals surface area contributed by atoms with Crippen molar-refractivity contribution in [2.45, 2.75) is 51.6 Å². The minimum absolute atomic E-state index is 0.0233. The van der Waals surface area contributed by atoms with Gasteiger partial charge in [0.25, 0.3) is 0 Å². The van der Waals surface area contributed by atoms with E-state index in [1.807, 2.05) is 13.8 Å². The van der Waals surface area contributed by atoms with Gasteiger partial charge in [-0.25, -0.2) is 0 Å². The lowest BCUT2D eigenvalue weighted by molar-refractivity contribution is -0.125. The second-order valence-electron chi connectivity index (χ2n) is 4.98. The molecule has 0 aliphatic rings. The summed E-state index contributed by atoms with van der Waals surface area (Å²) in [7, 11) is 1.59. The molecule has 18 heavy (non-hydrogen) atoms. The molecule has 0 aliphatic carbocycles. The molecule has 0 aromatic heterocycles. The van der Waals surface area contributed by atoms with E-state index in [0.29, 0.717) is 13.0 Å². The number of rotatable bonds is 10. The van der Waals surface area contributed by atoms with E-state index in [0.717, 1.165) is 19.3 Å². The zero-order valence-electron chi connectivity index (χ0n) is 11.8. The number of nitrogens with one attached hydrogen (secondary N) is 1. The predicted molar refractivity (Wildman–Crippen MR) is 72.2 cm³/mol. The number of carbonyl (C=O) groups excluding carboxylic acids is 1. The third-order valence-electron chi connectivity index (χ3n) is 2.94. The topological polar surface area (TPSA) is 84.6 Å². The molecule has 3 atom stereocenters. The number of aliphatic hydroxyl groups is 1. The normalized spacial score (nSPS) is 16.1. The molecule has 4 N–H and O–H groups in total. The van der Waals surface area contributed by atoms with Crippen LogP contribution in [0.2, 0.25) is 0 Å². The van der Waals surface area contributed by atoms with E-state index >= 15 is 0 Å². The van der Waals surface area contributed by atoms with Crippen molar-refractivity contribution in [3.05, 3.63) is 0 Å². The molecule has 0 bridgehead atoms. The highest BCUT2D eigenvalue weighted by molar-refractivity contribution is 5.78. The van der Waals surface area contributed by atoms with Crippen LogP contribution in [0.4, 0.5) is 0 Å². The molecule has 108 valence electrons. The highest BCUT2D eigenvalue weighted by Crippen LogP contribution is 2.09. The van der Waals surface area contributed by atoms with Crippen LogP contribution in [-0.2, 0) is 9.53 Å². The van der Waals surface area contributed by atoms with Gasteiger partial charge in [0, 0.05) is 25.7 Å². The highest BCUT2D eigenvalue weighted by Gasteiger charge is 2.17. The van der Waals surface area contributed by atoms with Crippen molar-refractivity contribution < 1.29 is 14.6 Å².